The third kappa shape index (κ3) is 5.15. The van der Waals surface area contributed by atoms with E-state index in [2.05, 4.69) is 25.9 Å². The summed E-state index contributed by atoms with van der Waals surface area (Å²) in [6.07, 6.45) is 7.41. The van der Waals surface area contributed by atoms with Crippen LogP contribution in [-0.2, 0) is 12.3 Å². The largest absolute Gasteiger partial charge is 0.331 e. The normalized spacial score (nSPS) is 10.7. The second kappa shape index (κ2) is 9.41. The van der Waals surface area contributed by atoms with Crippen LogP contribution >= 0.6 is 11.8 Å². The minimum Gasteiger partial charge on any atom is -0.331 e. The third-order valence-corrected chi connectivity index (χ3v) is 5.82. The van der Waals surface area contributed by atoms with E-state index < -0.39 is 0 Å². The van der Waals surface area contributed by atoms with Gasteiger partial charge in [-0.2, -0.15) is 0 Å². The molecule has 0 atom stereocenters. The molecule has 150 valence electrons. The lowest BCUT2D eigenvalue weighted by molar-refractivity contribution is 0.102. The zero-order valence-corrected chi connectivity index (χ0v) is 17.5. The molecule has 0 saturated heterocycles. The number of aromatic nitrogens is 3. The van der Waals surface area contributed by atoms with Crippen LogP contribution in [0.2, 0.25) is 0 Å². The van der Waals surface area contributed by atoms with E-state index >= 15 is 0 Å². The Morgan fingerprint density at radius 2 is 1.80 bits per heavy atom. The fourth-order valence-electron chi connectivity index (χ4n) is 3.02. The Hall–Kier alpha value is -3.38. The van der Waals surface area contributed by atoms with Crippen LogP contribution in [0.1, 0.15) is 27.3 Å². The van der Waals surface area contributed by atoms with Gasteiger partial charge in [-0.3, -0.25) is 9.78 Å². The summed E-state index contributed by atoms with van der Waals surface area (Å²) in [6.45, 7) is 2.75. The predicted octanol–water partition coefficient (Wildman–Crippen LogP) is 5.18. The van der Waals surface area contributed by atoms with Gasteiger partial charge in [-0.05, 0) is 60.5 Å². The van der Waals surface area contributed by atoms with Crippen LogP contribution in [-0.4, -0.2) is 20.4 Å². The molecule has 2 aromatic carbocycles. The number of pyridine rings is 1. The highest BCUT2D eigenvalue weighted by Crippen LogP contribution is 2.23. The van der Waals surface area contributed by atoms with Crippen molar-refractivity contribution in [3.63, 3.8) is 0 Å². The van der Waals surface area contributed by atoms with Gasteiger partial charge in [-0.25, -0.2) is 4.98 Å². The van der Waals surface area contributed by atoms with Crippen LogP contribution in [0.5, 0.6) is 0 Å². The molecule has 0 unspecified atom stereocenters. The number of nitrogens with zero attached hydrogens (tertiary/aromatic N) is 3. The lowest BCUT2D eigenvalue weighted by Gasteiger charge is -2.09. The summed E-state index contributed by atoms with van der Waals surface area (Å²) in [7, 11) is 0. The minimum absolute atomic E-state index is 0.114. The van der Waals surface area contributed by atoms with Crippen LogP contribution in [0.3, 0.4) is 0 Å². The number of aryl methyl sites for hydroxylation is 1. The SMILES string of the molecule is Cc1nccn1Cc1ccc(NC(=O)c2ccc(SCc3cccnc3)cc2)cc1. The van der Waals surface area contributed by atoms with Gasteiger partial charge in [-0.15, -0.1) is 11.8 Å². The van der Waals surface area contributed by atoms with Crippen molar-refractivity contribution < 1.29 is 4.79 Å². The van der Waals surface area contributed by atoms with Gasteiger partial charge in [0.15, 0.2) is 0 Å². The second-order valence-electron chi connectivity index (χ2n) is 6.93. The number of imidazole rings is 1. The van der Waals surface area contributed by atoms with Crippen molar-refractivity contribution in [1.29, 1.82) is 0 Å². The third-order valence-electron chi connectivity index (χ3n) is 4.73. The molecule has 1 N–H and O–H groups in total. The summed E-state index contributed by atoms with van der Waals surface area (Å²) in [6, 6.07) is 19.6. The highest BCUT2D eigenvalue weighted by Gasteiger charge is 2.07. The zero-order valence-electron chi connectivity index (χ0n) is 16.7. The van der Waals surface area contributed by atoms with Gasteiger partial charge in [0.1, 0.15) is 5.82 Å². The number of hydrogen-bond donors (Lipinski definition) is 1. The summed E-state index contributed by atoms with van der Waals surface area (Å²) in [5.74, 6) is 1.72. The number of carbonyl (C=O) groups excluding carboxylic acids is 1. The number of amides is 1. The monoisotopic (exact) mass is 414 g/mol. The standard InChI is InChI=1S/C24H22N4OS/c1-18-26-13-14-28(18)16-19-4-8-22(9-5-19)27-24(29)21-6-10-23(11-7-21)30-17-20-3-2-12-25-15-20/h2-15H,16-17H2,1H3,(H,27,29). The number of thioether (sulfide) groups is 1. The van der Waals surface area contributed by atoms with Crippen LogP contribution in [0.4, 0.5) is 5.69 Å². The van der Waals surface area contributed by atoms with E-state index in [0.29, 0.717) is 5.56 Å². The number of carbonyl (C=O) groups is 1. The Balaban J connectivity index is 1.32. The zero-order chi connectivity index (χ0) is 20.8. The van der Waals surface area contributed by atoms with Crippen molar-refractivity contribution in [2.45, 2.75) is 24.1 Å². The number of benzene rings is 2. The average molecular weight is 415 g/mol. The lowest BCUT2D eigenvalue weighted by Crippen LogP contribution is -2.11. The van der Waals surface area contributed by atoms with E-state index in [1.54, 1.807) is 24.2 Å². The van der Waals surface area contributed by atoms with Gasteiger partial charge in [0.05, 0.1) is 0 Å². The molecule has 0 saturated carbocycles. The molecule has 5 nitrogen and oxygen atoms in total. The summed E-state index contributed by atoms with van der Waals surface area (Å²) in [5, 5.41) is 2.96. The van der Waals surface area contributed by atoms with Gasteiger partial charge in [0, 0.05) is 53.2 Å². The van der Waals surface area contributed by atoms with Crippen molar-refractivity contribution in [3.05, 3.63) is 108 Å². The summed E-state index contributed by atoms with van der Waals surface area (Å²) < 4.78 is 2.08. The van der Waals surface area contributed by atoms with Gasteiger partial charge in [0.25, 0.3) is 5.91 Å². The first-order chi connectivity index (χ1) is 14.7. The van der Waals surface area contributed by atoms with Crippen molar-refractivity contribution in [3.8, 4) is 0 Å². The highest BCUT2D eigenvalue weighted by molar-refractivity contribution is 7.98. The van der Waals surface area contributed by atoms with E-state index in [0.717, 1.165) is 34.3 Å². The number of anilines is 1. The molecule has 6 heteroatoms. The highest BCUT2D eigenvalue weighted by atomic mass is 32.2. The Morgan fingerprint density at radius 1 is 1.00 bits per heavy atom. The quantitative estimate of drug-likeness (QED) is 0.423. The molecule has 0 aliphatic rings. The van der Waals surface area contributed by atoms with Crippen LogP contribution in [0.25, 0.3) is 0 Å². The van der Waals surface area contributed by atoms with Crippen LogP contribution in [0, 0.1) is 6.92 Å². The molecular formula is C24H22N4OS. The van der Waals surface area contributed by atoms with Crippen molar-refractivity contribution in [2.75, 3.05) is 5.32 Å². The van der Waals surface area contributed by atoms with Crippen molar-refractivity contribution >= 4 is 23.4 Å². The molecule has 0 spiro atoms. The summed E-state index contributed by atoms with van der Waals surface area (Å²) in [4.78, 5) is 22.0. The maximum Gasteiger partial charge on any atom is 0.255 e. The van der Waals surface area contributed by atoms with E-state index in [1.165, 1.54) is 5.56 Å². The van der Waals surface area contributed by atoms with E-state index in [-0.39, 0.29) is 5.91 Å². The summed E-state index contributed by atoms with van der Waals surface area (Å²) >= 11 is 1.72. The molecule has 0 fully saturated rings. The Kier molecular flexibility index (Phi) is 6.25. The number of hydrogen-bond acceptors (Lipinski definition) is 4. The van der Waals surface area contributed by atoms with Crippen LogP contribution in [0.15, 0.2) is 90.3 Å². The molecular weight excluding hydrogens is 392 g/mol. The van der Waals surface area contributed by atoms with E-state index in [4.69, 9.17) is 0 Å². The fourth-order valence-corrected chi connectivity index (χ4v) is 3.85. The molecule has 4 aromatic rings. The number of rotatable bonds is 7. The van der Waals surface area contributed by atoms with Crippen molar-refractivity contribution in [2.24, 2.45) is 0 Å². The maximum atomic E-state index is 12.6. The van der Waals surface area contributed by atoms with Gasteiger partial charge < -0.3 is 9.88 Å². The smallest absolute Gasteiger partial charge is 0.255 e. The molecule has 1 amide bonds. The van der Waals surface area contributed by atoms with E-state index in [9.17, 15) is 4.79 Å². The Morgan fingerprint density at radius 3 is 2.47 bits per heavy atom. The minimum atomic E-state index is -0.114. The predicted molar refractivity (Wildman–Crippen MR) is 121 cm³/mol. The lowest BCUT2D eigenvalue weighted by atomic mass is 10.2. The van der Waals surface area contributed by atoms with Gasteiger partial charge in [0.2, 0.25) is 0 Å². The molecule has 2 heterocycles. The number of nitrogens with one attached hydrogen (secondary N) is 1. The molecule has 2 aromatic heterocycles. The summed E-state index contributed by atoms with van der Waals surface area (Å²) in [5.41, 5.74) is 3.75. The molecule has 0 radical (unpaired) electrons. The molecule has 4 rings (SSSR count). The fraction of sp³-hybridized carbons (Fsp3) is 0.125. The first kappa shape index (κ1) is 19.9. The molecule has 30 heavy (non-hydrogen) atoms. The van der Waals surface area contributed by atoms with Crippen molar-refractivity contribution in [1.82, 2.24) is 14.5 Å². The van der Waals surface area contributed by atoms with Crippen LogP contribution < -0.4 is 5.32 Å². The molecule has 0 bridgehead atoms. The maximum absolute atomic E-state index is 12.6. The Bertz CT molecular complexity index is 1110. The molecule has 0 aliphatic heterocycles. The van der Waals surface area contributed by atoms with Gasteiger partial charge in [-0.1, -0.05) is 18.2 Å². The first-order valence-electron chi connectivity index (χ1n) is 9.67. The first-order valence-corrected chi connectivity index (χ1v) is 10.7. The average Bonchev–Trinajstić information content (AvgIpc) is 3.19. The Labute approximate surface area is 180 Å². The topological polar surface area (TPSA) is 59.8 Å². The van der Waals surface area contributed by atoms with Gasteiger partial charge >= 0.3 is 0 Å². The molecule has 0 aliphatic carbocycles. The van der Waals surface area contributed by atoms with E-state index in [1.807, 2.05) is 73.9 Å². The second-order valence-corrected chi connectivity index (χ2v) is 7.98.